The minimum Gasteiger partial charge on any atom is -0.326 e. The molecule has 0 aliphatic carbocycles. The molecule has 0 saturated carbocycles. The Morgan fingerprint density at radius 1 is 0.967 bits per heavy atom. The Kier molecular flexibility index (Phi) is 6.15. The van der Waals surface area contributed by atoms with Crippen LogP contribution in [0, 0.1) is 0 Å². The Balaban J connectivity index is 1.71. The van der Waals surface area contributed by atoms with E-state index in [2.05, 4.69) is 16.0 Å². The predicted molar refractivity (Wildman–Crippen MR) is 113 cm³/mol. The molecule has 0 radical (unpaired) electrons. The van der Waals surface area contributed by atoms with Crippen LogP contribution < -0.4 is 16.0 Å². The first-order valence-corrected chi connectivity index (χ1v) is 9.73. The number of carbonyl (C=O) groups is 4. The summed E-state index contributed by atoms with van der Waals surface area (Å²) < 4.78 is 0. The number of carbonyl (C=O) groups excluding carboxylic acids is 4. The molecule has 2 aromatic rings. The third-order valence-electron chi connectivity index (χ3n) is 4.86. The van der Waals surface area contributed by atoms with Crippen molar-refractivity contribution in [1.29, 1.82) is 0 Å². The van der Waals surface area contributed by atoms with Gasteiger partial charge in [0.2, 0.25) is 11.8 Å². The van der Waals surface area contributed by atoms with Gasteiger partial charge >= 0.3 is 6.03 Å². The fraction of sp³-hybridized carbons (Fsp3) is 0.273. The second-order valence-corrected chi connectivity index (χ2v) is 7.15. The number of nitrogens with one attached hydrogen (secondary N) is 3. The average molecular weight is 408 g/mol. The Morgan fingerprint density at radius 3 is 2.13 bits per heavy atom. The number of rotatable bonds is 7. The highest BCUT2D eigenvalue weighted by molar-refractivity contribution is 6.10. The zero-order valence-electron chi connectivity index (χ0n) is 16.9. The van der Waals surface area contributed by atoms with Crippen LogP contribution in [0.2, 0.25) is 0 Å². The lowest BCUT2D eigenvalue weighted by molar-refractivity contribution is -0.134. The topological polar surface area (TPSA) is 108 Å². The maximum absolute atomic E-state index is 13.2. The molecule has 3 N–H and O–H groups in total. The summed E-state index contributed by atoms with van der Waals surface area (Å²) in [5.41, 5.74) is 0.625. The molecule has 156 valence electrons. The Labute approximate surface area is 174 Å². The molecule has 1 aliphatic heterocycles. The van der Waals surface area contributed by atoms with E-state index < -0.39 is 29.9 Å². The van der Waals surface area contributed by atoms with Gasteiger partial charge < -0.3 is 16.0 Å². The van der Waals surface area contributed by atoms with Crippen LogP contribution in [0.3, 0.4) is 0 Å². The first kappa shape index (κ1) is 21.0. The molecule has 1 saturated heterocycles. The maximum Gasteiger partial charge on any atom is 0.325 e. The number of imide groups is 1. The fourth-order valence-corrected chi connectivity index (χ4v) is 3.56. The molecule has 0 spiro atoms. The molecule has 0 bridgehead atoms. The molecule has 0 aromatic heterocycles. The molecule has 30 heavy (non-hydrogen) atoms. The van der Waals surface area contributed by atoms with Gasteiger partial charge in [0.05, 0.1) is 0 Å². The number of nitrogens with zero attached hydrogens (tertiary/aromatic N) is 1. The zero-order valence-corrected chi connectivity index (χ0v) is 16.9. The van der Waals surface area contributed by atoms with Crippen LogP contribution in [0.15, 0.2) is 54.6 Å². The van der Waals surface area contributed by atoms with Crippen molar-refractivity contribution in [2.45, 2.75) is 32.2 Å². The van der Waals surface area contributed by atoms with Crippen LogP contribution in [-0.2, 0) is 19.9 Å². The van der Waals surface area contributed by atoms with Gasteiger partial charge in [0.15, 0.2) is 0 Å². The van der Waals surface area contributed by atoms with Crippen molar-refractivity contribution >= 4 is 35.1 Å². The zero-order chi connectivity index (χ0) is 21.7. The Morgan fingerprint density at radius 2 is 1.57 bits per heavy atom. The predicted octanol–water partition coefficient (Wildman–Crippen LogP) is 2.83. The molecule has 1 unspecified atom stereocenters. The SMILES string of the molecule is CCCC1(c2ccccc2)NC(=O)N(CC(=O)Nc2ccc(NC(C)=O)cc2)C1=O. The normalized spacial score (nSPS) is 18.1. The van der Waals surface area contributed by atoms with E-state index in [-0.39, 0.29) is 5.91 Å². The molecule has 1 heterocycles. The third-order valence-corrected chi connectivity index (χ3v) is 4.86. The number of amides is 5. The van der Waals surface area contributed by atoms with Crippen LogP contribution in [0.5, 0.6) is 0 Å². The van der Waals surface area contributed by atoms with E-state index in [1.54, 1.807) is 36.4 Å². The van der Waals surface area contributed by atoms with Crippen molar-refractivity contribution < 1.29 is 19.2 Å². The highest BCUT2D eigenvalue weighted by atomic mass is 16.2. The first-order chi connectivity index (χ1) is 14.4. The van der Waals surface area contributed by atoms with Crippen LogP contribution in [0.1, 0.15) is 32.3 Å². The van der Waals surface area contributed by atoms with Gasteiger partial charge in [0, 0.05) is 18.3 Å². The molecule has 5 amide bonds. The van der Waals surface area contributed by atoms with Crippen molar-refractivity contribution in [3.05, 3.63) is 60.2 Å². The van der Waals surface area contributed by atoms with Gasteiger partial charge in [-0.05, 0) is 36.2 Å². The smallest absolute Gasteiger partial charge is 0.325 e. The second kappa shape index (κ2) is 8.77. The highest BCUT2D eigenvalue weighted by Crippen LogP contribution is 2.33. The third kappa shape index (κ3) is 4.32. The minimum atomic E-state index is -1.16. The molecule has 1 aliphatic rings. The van der Waals surface area contributed by atoms with E-state index in [0.717, 1.165) is 4.90 Å². The van der Waals surface area contributed by atoms with Crippen molar-refractivity contribution in [2.24, 2.45) is 0 Å². The number of hydrogen-bond acceptors (Lipinski definition) is 4. The van der Waals surface area contributed by atoms with Crippen LogP contribution >= 0.6 is 0 Å². The Bertz CT molecular complexity index is 959. The van der Waals surface area contributed by atoms with E-state index in [0.29, 0.717) is 29.8 Å². The van der Waals surface area contributed by atoms with Gasteiger partial charge in [0.25, 0.3) is 5.91 Å². The van der Waals surface area contributed by atoms with E-state index in [1.807, 2.05) is 25.1 Å². The van der Waals surface area contributed by atoms with Crippen molar-refractivity contribution in [2.75, 3.05) is 17.2 Å². The number of urea groups is 1. The fourth-order valence-electron chi connectivity index (χ4n) is 3.56. The molecule has 8 nitrogen and oxygen atoms in total. The van der Waals surface area contributed by atoms with Crippen LogP contribution in [0.25, 0.3) is 0 Å². The summed E-state index contributed by atoms with van der Waals surface area (Å²) in [6.07, 6.45) is 1.12. The van der Waals surface area contributed by atoms with Gasteiger partial charge in [0.1, 0.15) is 12.1 Å². The van der Waals surface area contributed by atoms with Gasteiger partial charge in [-0.2, -0.15) is 0 Å². The van der Waals surface area contributed by atoms with Crippen molar-refractivity contribution in [1.82, 2.24) is 10.2 Å². The molecule has 1 fully saturated rings. The van der Waals surface area contributed by atoms with Crippen molar-refractivity contribution in [3.8, 4) is 0 Å². The first-order valence-electron chi connectivity index (χ1n) is 9.73. The molecule has 2 aromatic carbocycles. The molecular formula is C22H24N4O4. The lowest BCUT2D eigenvalue weighted by Crippen LogP contribution is -2.44. The molecule has 8 heteroatoms. The standard InChI is InChI=1S/C22H24N4O4/c1-3-13-22(16-7-5-4-6-8-16)20(29)26(21(30)25-22)14-19(28)24-18-11-9-17(10-12-18)23-15(2)27/h4-12H,3,13-14H2,1-2H3,(H,23,27)(H,24,28)(H,25,30). The minimum absolute atomic E-state index is 0.195. The van der Waals surface area contributed by atoms with Gasteiger partial charge in [-0.15, -0.1) is 0 Å². The van der Waals surface area contributed by atoms with Crippen molar-refractivity contribution in [3.63, 3.8) is 0 Å². The lowest BCUT2D eigenvalue weighted by atomic mass is 9.85. The van der Waals surface area contributed by atoms with Crippen LogP contribution in [-0.4, -0.2) is 35.2 Å². The summed E-state index contributed by atoms with van der Waals surface area (Å²) in [5, 5.41) is 8.10. The van der Waals surface area contributed by atoms with Gasteiger partial charge in [-0.3, -0.25) is 19.3 Å². The summed E-state index contributed by atoms with van der Waals surface area (Å²) in [6.45, 7) is 2.95. The second-order valence-electron chi connectivity index (χ2n) is 7.15. The van der Waals surface area contributed by atoms with E-state index in [1.165, 1.54) is 6.92 Å². The summed E-state index contributed by atoms with van der Waals surface area (Å²) in [5.74, 6) is -1.12. The maximum atomic E-state index is 13.2. The number of anilines is 2. The summed E-state index contributed by atoms with van der Waals surface area (Å²) in [4.78, 5) is 50.2. The quantitative estimate of drug-likeness (QED) is 0.612. The molecule has 3 rings (SSSR count). The lowest BCUT2D eigenvalue weighted by Gasteiger charge is -2.26. The largest absolute Gasteiger partial charge is 0.326 e. The Hall–Kier alpha value is -3.68. The highest BCUT2D eigenvalue weighted by Gasteiger charge is 2.52. The van der Waals surface area contributed by atoms with E-state index in [9.17, 15) is 19.2 Å². The number of benzene rings is 2. The van der Waals surface area contributed by atoms with Crippen LogP contribution in [0.4, 0.5) is 16.2 Å². The average Bonchev–Trinajstić information content (AvgIpc) is 2.95. The summed E-state index contributed by atoms with van der Waals surface area (Å²) in [6, 6.07) is 15.0. The monoisotopic (exact) mass is 408 g/mol. The van der Waals surface area contributed by atoms with E-state index >= 15 is 0 Å². The summed E-state index contributed by atoms with van der Waals surface area (Å²) >= 11 is 0. The van der Waals surface area contributed by atoms with Gasteiger partial charge in [-0.1, -0.05) is 43.7 Å². The molecular weight excluding hydrogens is 384 g/mol. The molecule has 1 atom stereocenters. The van der Waals surface area contributed by atoms with E-state index in [4.69, 9.17) is 0 Å². The van der Waals surface area contributed by atoms with Gasteiger partial charge in [-0.25, -0.2) is 4.79 Å². The number of hydrogen-bond donors (Lipinski definition) is 3. The summed E-state index contributed by atoms with van der Waals surface area (Å²) in [7, 11) is 0.